The van der Waals surface area contributed by atoms with E-state index in [0.29, 0.717) is 11.3 Å². The van der Waals surface area contributed by atoms with Crippen molar-refractivity contribution < 1.29 is 9.72 Å². The number of thiophene rings is 1. The molecule has 0 bridgehead atoms. The molecule has 0 saturated carbocycles. The minimum Gasteiger partial charge on any atom is -0.322 e. The molecule has 0 aliphatic carbocycles. The molecule has 21 heavy (non-hydrogen) atoms. The average molecular weight is 367 g/mol. The molecule has 0 radical (unpaired) electrons. The summed E-state index contributed by atoms with van der Waals surface area (Å²) in [6, 6.07) is 8.37. The molecule has 0 aliphatic rings. The van der Waals surface area contributed by atoms with Gasteiger partial charge in [0.15, 0.2) is 0 Å². The van der Waals surface area contributed by atoms with Crippen LogP contribution in [0.15, 0.2) is 40.2 Å². The Kier molecular flexibility index (Phi) is 4.87. The highest BCUT2D eigenvalue weighted by Gasteiger charge is 2.11. The standard InChI is InChI=1S/C14H11BrN2O3S/c1-9-2-3-10(8-12(9)17(19)20)16-14(18)7-5-11-4-6-13(15)21-11/h2-8H,1H3,(H,16,18)/b7-5+. The number of halogens is 1. The first-order valence-electron chi connectivity index (χ1n) is 5.95. The number of carbonyl (C=O) groups excluding carboxylic acids is 1. The number of nitrogens with zero attached hydrogens (tertiary/aromatic N) is 1. The summed E-state index contributed by atoms with van der Waals surface area (Å²) in [7, 11) is 0. The summed E-state index contributed by atoms with van der Waals surface area (Å²) in [6.07, 6.45) is 3.08. The number of benzene rings is 1. The molecule has 5 nitrogen and oxygen atoms in total. The Morgan fingerprint density at radius 3 is 2.76 bits per heavy atom. The summed E-state index contributed by atoms with van der Waals surface area (Å²) >= 11 is 4.85. The Hall–Kier alpha value is -1.99. The van der Waals surface area contributed by atoms with Crippen molar-refractivity contribution in [3.05, 3.63) is 60.7 Å². The first-order valence-corrected chi connectivity index (χ1v) is 7.56. The number of carbonyl (C=O) groups is 1. The minimum absolute atomic E-state index is 0.0148. The third-order valence-electron chi connectivity index (χ3n) is 2.67. The molecule has 1 heterocycles. The third kappa shape index (κ3) is 4.24. The minimum atomic E-state index is -0.468. The van der Waals surface area contributed by atoms with E-state index in [1.165, 1.54) is 23.5 Å². The quantitative estimate of drug-likeness (QED) is 0.495. The number of aryl methyl sites for hydroxylation is 1. The largest absolute Gasteiger partial charge is 0.322 e. The van der Waals surface area contributed by atoms with Gasteiger partial charge in [0, 0.05) is 28.3 Å². The van der Waals surface area contributed by atoms with E-state index >= 15 is 0 Å². The molecule has 7 heteroatoms. The monoisotopic (exact) mass is 366 g/mol. The van der Waals surface area contributed by atoms with Crippen LogP contribution in [0.3, 0.4) is 0 Å². The van der Waals surface area contributed by atoms with Gasteiger partial charge in [0.1, 0.15) is 0 Å². The van der Waals surface area contributed by atoms with Crippen LogP contribution >= 0.6 is 27.3 Å². The van der Waals surface area contributed by atoms with Crippen LogP contribution in [0.25, 0.3) is 6.08 Å². The topological polar surface area (TPSA) is 72.2 Å². The summed E-state index contributed by atoms with van der Waals surface area (Å²) in [5, 5.41) is 13.5. The van der Waals surface area contributed by atoms with Gasteiger partial charge in [-0.2, -0.15) is 0 Å². The van der Waals surface area contributed by atoms with Crippen molar-refractivity contribution in [1.82, 2.24) is 0 Å². The van der Waals surface area contributed by atoms with Gasteiger partial charge in [-0.05, 0) is 47.1 Å². The third-order valence-corrected chi connectivity index (χ3v) is 4.26. The first-order chi connectivity index (χ1) is 9.95. The van der Waals surface area contributed by atoms with E-state index in [0.717, 1.165) is 8.66 Å². The average Bonchev–Trinajstić information content (AvgIpc) is 2.84. The SMILES string of the molecule is Cc1ccc(NC(=O)/C=C/c2ccc(Br)s2)cc1[N+](=O)[O-]. The molecule has 0 unspecified atom stereocenters. The van der Waals surface area contributed by atoms with E-state index in [2.05, 4.69) is 21.2 Å². The molecule has 0 atom stereocenters. The molecule has 1 aromatic heterocycles. The van der Waals surface area contributed by atoms with Crippen molar-refractivity contribution in [3.8, 4) is 0 Å². The Balaban J connectivity index is 2.07. The number of hydrogen-bond donors (Lipinski definition) is 1. The van der Waals surface area contributed by atoms with Gasteiger partial charge in [-0.15, -0.1) is 11.3 Å². The summed E-state index contributed by atoms with van der Waals surface area (Å²) in [6.45, 7) is 1.65. The van der Waals surface area contributed by atoms with Gasteiger partial charge < -0.3 is 5.32 Å². The fourth-order valence-corrected chi connectivity index (χ4v) is 2.97. The normalized spacial score (nSPS) is 10.8. The Morgan fingerprint density at radius 1 is 1.38 bits per heavy atom. The van der Waals surface area contributed by atoms with Crippen LogP contribution < -0.4 is 5.32 Å². The van der Waals surface area contributed by atoms with E-state index < -0.39 is 4.92 Å². The van der Waals surface area contributed by atoms with Gasteiger partial charge >= 0.3 is 0 Å². The van der Waals surface area contributed by atoms with Gasteiger partial charge in [-0.25, -0.2) is 0 Å². The fraction of sp³-hybridized carbons (Fsp3) is 0.0714. The van der Waals surface area contributed by atoms with Crippen LogP contribution in [0, 0.1) is 17.0 Å². The second-order valence-corrected chi connectivity index (χ2v) is 6.72. The predicted molar refractivity (Wildman–Crippen MR) is 87.5 cm³/mol. The highest BCUT2D eigenvalue weighted by Crippen LogP contribution is 2.24. The zero-order chi connectivity index (χ0) is 15.4. The molecule has 1 aromatic carbocycles. The lowest BCUT2D eigenvalue weighted by Crippen LogP contribution is -2.08. The molecular formula is C14H11BrN2O3S. The van der Waals surface area contributed by atoms with Crippen molar-refractivity contribution in [3.63, 3.8) is 0 Å². The maximum Gasteiger partial charge on any atom is 0.274 e. The second kappa shape index (κ2) is 6.64. The Morgan fingerprint density at radius 2 is 2.14 bits per heavy atom. The molecule has 0 saturated heterocycles. The van der Waals surface area contributed by atoms with E-state index in [4.69, 9.17) is 0 Å². The van der Waals surface area contributed by atoms with Crippen LogP contribution in [0.4, 0.5) is 11.4 Å². The van der Waals surface area contributed by atoms with Gasteiger partial charge in [0.25, 0.3) is 5.69 Å². The molecule has 2 rings (SSSR count). The fourth-order valence-electron chi connectivity index (χ4n) is 1.64. The number of rotatable bonds is 4. The van der Waals surface area contributed by atoms with Crippen molar-refractivity contribution in [2.75, 3.05) is 5.32 Å². The molecule has 108 valence electrons. The van der Waals surface area contributed by atoms with E-state index in [9.17, 15) is 14.9 Å². The van der Waals surface area contributed by atoms with Crippen LogP contribution in [-0.4, -0.2) is 10.8 Å². The van der Waals surface area contributed by atoms with Gasteiger partial charge in [0.05, 0.1) is 8.71 Å². The molecular weight excluding hydrogens is 356 g/mol. The number of hydrogen-bond acceptors (Lipinski definition) is 4. The van der Waals surface area contributed by atoms with Gasteiger partial charge in [-0.1, -0.05) is 6.07 Å². The van der Waals surface area contributed by atoms with Gasteiger partial charge in [0.2, 0.25) is 5.91 Å². The predicted octanol–water partition coefficient (Wildman–Crippen LogP) is 4.38. The van der Waals surface area contributed by atoms with Crippen molar-refractivity contribution in [2.45, 2.75) is 6.92 Å². The molecule has 2 aromatic rings. The molecule has 1 N–H and O–H groups in total. The number of nitrogens with one attached hydrogen (secondary N) is 1. The van der Waals surface area contributed by atoms with E-state index in [1.54, 1.807) is 25.1 Å². The lowest BCUT2D eigenvalue weighted by atomic mass is 10.2. The smallest absolute Gasteiger partial charge is 0.274 e. The molecule has 0 spiro atoms. The second-order valence-electron chi connectivity index (χ2n) is 4.22. The first kappa shape index (κ1) is 15.4. The molecule has 0 fully saturated rings. The lowest BCUT2D eigenvalue weighted by molar-refractivity contribution is -0.385. The lowest BCUT2D eigenvalue weighted by Gasteiger charge is -2.03. The van der Waals surface area contributed by atoms with Crippen LogP contribution in [-0.2, 0) is 4.79 Å². The zero-order valence-corrected chi connectivity index (χ0v) is 13.4. The van der Waals surface area contributed by atoms with Crippen molar-refractivity contribution >= 4 is 50.6 Å². The Labute approximate surface area is 133 Å². The number of nitro benzene ring substituents is 1. The van der Waals surface area contributed by atoms with E-state index in [1.807, 2.05) is 12.1 Å². The number of amides is 1. The van der Waals surface area contributed by atoms with Crippen LogP contribution in [0.5, 0.6) is 0 Å². The van der Waals surface area contributed by atoms with Crippen molar-refractivity contribution in [2.24, 2.45) is 0 Å². The molecule has 1 amide bonds. The summed E-state index contributed by atoms with van der Waals surface area (Å²) < 4.78 is 0.983. The molecule has 0 aliphatic heterocycles. The zero-order valence-electron chi connectivity index (χ0n) is 11.0. The highest BCUT2D eigenvalue weighted by molar-refractivity contribution is 9.11. The van der Waals surface area contributed by atoms with Crippen LogP contribution in [0.1, 0.15) is 10.4 Å². The van der Waals surface area contributed by atoms with Gasteiger partial charge in [-0.3, -0.25) is 14.9 Å². The van der Waals surface area contributed by atoms with Crippen LogP contribution in [0.2, 0.25) is 0 Å². The Bertz CT molecular complexity index is 725. The van der Waals surface area contributed by atoms with E-state index in [-0.39, 0.29) is 11.6 Å². The summed E-state index contributed by atoms with van der Waals surface area (Å²) in [5.74, 6) is -0.335. The number of nitro groups is 1. The summed E-state index contributed by atoms with van der Waals surface area (Å²) in [4.78, 5) is 23.1. The maximum atomic E-state index is 11.8. The maximum absolute atomic E-state index is 11.8. The number of anilines is 1. The van der Waals surface area contributed by atoms with Crippen molar-refractivity contribution in [1.29, 1.82) is 0 Å². The highest BCUT2D eigenvalue weighted by atomic mass is 79.9. The summed E-state index contributed by atoms with van der Waals surface area (Å²) in [5.41, 5.74) is 0.935.